The summed E-state index contributed by atoms with van der Waals surface area (Å²) in [5.74, 6) is 1.41. The Morgan fingerprint density at radius 3 is 2.66 bits per heavy atom. The molecular formula is C26H29N7O2. The number of ether oxygens (including phenoxy) is 1. The minimum Gasteiger partial charge on any atom is -0.462 e. The first-order valence-corrected chi connectivity index (χ1v) is 11.8. The van der Waals surface area contributed by atoms with Gasteiger partial charge in [-0.25, -0.2) is 14.8 Å². The van der Waals surface area contributed by atoms with Gasteiger partial charge in [-0.05, 0) is 41.3 Å². The van der Waals surface area contributed by atoms with Crippen molar-refractivity contribution in [1.29, 1.82) is 0 Å². The molecule has 9 heteroatoms. The Bertz CT molecular complexity index is 1260. The maximum absolute atomic E-state index is 12.5. The number of tetrazole rings is 1. The van der Waals surface area contributed by atoms with Crippen LogP contribution in [0.5, 0.6) is 0 Å². The summed E-state index contributed by atoms with van der Waals surface area (Å²) < 4.78 is 5.22. The van der Waals surface area contributed by atoms with Crippen LogP contribution >= 0.6 is 0 Å². The summed E-state index contributed by atoms with van der Waals surface area (Å²) in [5, 5.41) is 18.0. The number of anilines is 1. The third kappa shape index (κ3) is 5.68. The Morgan fingerprint density at radius 2 is 1.94 bits per heavy atom. The second kappa shape index (κ2) is 11.3. The largest absolute Gasteiger partial charge is 0.462 e. The smallest absolute Gasteiger partial charge is 0.343 e. The molecule has 4 aromatic rings. The Balaban J connectivity index is 1.65. The van der Waals surface area contributed by atoms with Crippen LogP contribution in [0.2, 0.25) is 0 Å². The number of aromatic amines is 1. The lowest BCUT2D eigenvalue weighted by Crippen LogP contribution is -2.14. The van der Waals surface area contributed by atoms with Crippen molar-refractivity contribution in [2.45, 2.75) is 46.1 Å². The van der Waals surface area contributed by atoms with E-state index >= 15 is 0 Å². The molecule has 2 aromatic heterocycles. The Kier molecular flexibility index (Phi) is 7.77. The van der Waals surface area contributed by atoms with Crippen LogP contribution in [0.25, 0.3) is 22.5 Å². The summed E-state index contributed by atoms with van der Waals surface area (Å²) in [6, 6.07) is 16.1. The van der Waals surface area contributed by atoms with Crippen LogP contribution < -0.4 is 5.32 Å². The standard InChI is InChI=1S/C26H29N7O2/c1-4-9-17(3)23-28-16-22(26(34)35-5-2)24(29-23)27-15-18-12-13-20(19-10-7-6-8-11-19)21(14-18)25-30-32-33-31-25/h6-8,10-14,16-17H,4-5,9,15H2,1-3H3,(H,27,28,29)(H,30,31,32,33). The van der Waals surface area contributed by atoms with E-state index in [-0.39, 0.29) is 12.5 Å². The molecule has 2 heterocycles. The van der Waals surface area contributed by atoms with Crippen LogP contribution in [0.1, 0.15) is 61.3 Å². The summed E-state index contributed by atoms with van der Waals surface area (Å²) in [4.78, 5) is 21.6. The molecule has 180 valence electrons. The van der Waals surface area contributed by atoms with Crippen LogP contribution in [-0.4, -0.2) is 43.2 Å². The number of hydrogen-bond donors (Lipinski definition) is 2. The number of H-pyrrole nitrogens is 1. The van der Waals surface area contributed by atoms with Gasteiger partial charge in [0.25, 0.3) is 0 Å². The average Bonchev–Trinajstić information content (AvgIpc) is 3.43. The van der Waals surface area contributed by atoms with E-state index in [9.17, 15) is 4.79 Å². The van der Waals surface area contributed by atoms with E-state index in [1.54, 1.807) is 13.1 Å². The van der Waals surface area contributed by atoms with Gasteiger partial charge in [-0.3, -0.25) is 0 Å². The van der Waals surface area contributed by atoms with E-state index in [0.29, 0.717) is 29.6 Å². The van der Waals surface area contributed by atoms with Crippen molar-refractivity contribution >= 4 is 11.8 Å². The molecule has 1 atom stereocenters. The van der Waals surface area contributed by atoms with Gasteiger partial charge in [0, 0.05) is 24.2 Å². The van der Waals surface area contributed by atoms with Gasteiger partial charge < -0.3 is 10.1 Å². The summed E-state index contributed by atoms with van der Waals surface area (Å²) in [6.45, 7) is 6.71. The molecule has 0 saturated carbocycles. The fourth-order valence-electron chi connectivity index (χ4n) is 3.91. The maximum atomic E-state index is 12.5. The minimum atomic E-state index is -0.448. The highest BCUT2D eigenvalue weighted by atomic mass is 16.5. The van der Waals surface area contributed by atoms with Gasteiger partial charge in [0.15, 0.2) is 0 Å². The summed E-state index contributed by atoms with van der Waals surface area (Å²) in [5.41, 5.74) is 4.21. The highest BCUT2D eigenvalue weighted by Crippen LogP contribution is 2.31. The second-order valence-corrected chi connectivity index (χ2v) is 8.24. The van der Waals surface area contributed by atoms with E-state index in [2.05, 4.69) is 49.8 Å². The fraction of sp³-hybridized carbons (Fsp3) is 0.308. The van der Waals surface area contributed by atoms with Crippen LogP contribution in [0, 0.1) is 0 Å². The molecule has 0 aliphatic carbocycles. The first-order valence-electron chi connectivity index (χ1n) is 11.8. The number of benzene rings is 2. The van der Waals surface area contributed by atoms with Crippen LogP contribution in [0.15, 0.2) is 54.7 Å². The van der Waals surface area contributed by atoms with Gasteiger partial charge >= 0.3 is 5.97 Å². The molecule has 35 heavy (non-hydrogen) atoms. The quantitative estimate of drug-likeness (QED) is 0.310. The van der Waals surface area contributed by atoms with Gasteiger partial charge in [0.05, 0.1) is 6.61 Å². The predicted molar refractivity (Wildman–Crippen MR) is 134 cm³/mol. The molecule has 0 bridgehead atoms. The Labute approximate surface area is 204 Å². The van der Waals surface area contributed by atoms with Gasteiger partial charge in [-0.1, -0.05) is 62.7 Å². The lowest BCUT2D eigenvalue weighted by atomic mass is 9.97. The van der Waals surface area contributed by atoms with Crippen molar-refractivity contribution in [3.8, 4) is 22.5 Å². The summed E-state index contributed by atoms with van der Waals surface area (Å²) in [6.07, 6.45) is 3.55. The van der Waals surface area contributed by atoms with E-state index in [4.69, 9.17) is 4.74 Å². The zero-order chi connectivity index (χ0) is 24.6. The van der Waals surface area contributed by atoms with Crippen molar-refractivity contribution < 1.29 is 9.53 Å². The minimum absolute atomic E-state index is 0.187. The predicted octanol–water partition coefficient (Wildman–Crippen LogP) is 5.02. The fourth-order valence-corrected chi connectivity index (χ4v) is 3.91. The molecule has 9 nitrogen and oxygen atoms in total. The van der Waals surface area contributed by atoms with Gasteiger partial charge in [0.1, 0.15) is 17.2 Å². The van der Waals surface area contributed by atoms with Crippen LogP contribution in [0.3, 0.4) is 0 Å². The Morgan fingerprint density at radius 1 is 1.11 bits per heavy atom. The number of rotatable bonds is 10. The molecule has 0 spiro atoms. The number of carbonyl (C=O) groups is 1. The first kappa shape index (κ1) is 24.0. The van der Waals surface area contributed by atoms with E-state index in [0.717, 1.165) is 35.1 Å². The summed E-state index contributed by atoms with van der Waals surface area (Å²) in [7, 11) is 0. The maximum Gasteiger partial charge on any atom is 0.343 e. The number of hydrogen-bond acceptors (Lipinski definition) is 8. The topological polar surface area (TPSA) is 119 Å². The number of nitrogens with zero attached hydrogens (tertiary/aromatic N) is 5. The zero-order valence-corrected chi connectivity index (χ0v) is 20.2. The van der Waals surface area contributed by atoms with E-state index in [1.807, 2.05) is 48.5 Å². The molecule has 1 unspecified atom stereocenters. The first-order chi connectivity index (χ1) is 17.1. The molecule has 0 aliphatic rings. The molecule has 0 radical (unpaired) electrons. The lowest BCUT2D eigenvalue weighted by molar-refractivity contribution is 0.0526. The third-order valence-electron chi connectivity index (χ3n) is 5.68. The molecule has 0 amide bonds. The molecule has 0 saturated heterocycles. The van der Waals surface area contributed by atoms with E-state index in [1.165, 1.54) is 0 Å². The van der Waals surface area contributed by atoms with Crippen LogP contribution in [0.4, 0.5) is 5.82 Å². The van der Waals surface area contributed by atoms with Crippen molar-refractivity contribution in [3.63, 3.8) is 0 Å². The number of carbonyl (C=O) groups excluding carboxylic acids is 1. The van der Waals surface area contributed by atoms with Crippen molar-refractivity contribution in [2.24, 2.45) is 0 Å². The third-order valence-corrected chi connectivity index (χ3v) is 5.68. The average molecular weight is 472 g/mol. The number of nitrogens with one attached hydrogen (secondary N) is 2. The van der Waals surface area contributed by atoms with Crippen molar-refractivity contribution in [1.82, 2.24) is 30.6 Å². The highest BCUT2D eigenvalue weighted by Gasteiger charge is 2.19. The number of aromatic nitrogens is 6. The Hall–Kier alpha value is -4.14. The highest BCUT2D eigenvalue weighted by molar-refractivity contribution is 5.94. The van der Waals surface area contributed by atoms with Crippen molar-refractivity contribution in [3.05, 3.63) is 71.7 Å². The molecule has 0 aliphatic heterocycles. The lowest BCUT2D eigenvalue weighted by Gasteiger charge is -2.15. The molecule has 0 fully saturated rings. The van der Waals surface area contributed by atoms with Gasteiger partial charge in [0.2, 0.25) is 5.82 Å². The summed E-state index contributed by atoms with van der Waals surface area (Å²) >= 11 is 0. The monoisotopic (exact) mass is 471 g/mol. The molecule has 2 N–H and O–H groups in total. The normalized spacial score (nSPS) is 11.7. The number of esters is 1. The zero-order valence-electron chi connectivity index (χ0n) is 20.2. The van der Waals surface area contributed by atoms with Crippen molar-refractivity contribution in [2.75, 3.05) is 11.9 Å². The SMILES string of the molecule is CCCC(C)c1ncc(C(=O)OCC)c(NCc2ccc(-c3ccccc3)c(-c3nn[nH]n3)c2)n1. The molecule has 2 aromatic carbocycles. The van der Waals surface area contributed by atoms with E-state index < -0.39 is 5.97 Å². The molecular weight excluding hydrogens is 442 g/mol. The molecule has 4 rings (SSSR count). The van der Waals surface area contributed by atoms with Crippen LogP contribution in [-0.2, 0) is 11.3 Å². The second-order valence-electron chi connectivity index (χ2n) is 8.24. The van der Waals surface area contributed by atoms with Gasteiger partial charge in [-0.2, -0.15) is 5.21 Å². The van der Waals surface area contributed by atoms with Gasteiger partial charge in [-0.15, -0.1) is 10.2 Å².